The summed E-state index contributed by atoms with van der Waals surface area (Å²) < 4.78 is 0. The monoisotopic (exact) mass is 235 g/mol. The first-order valence-corrected chi connectivity index (χ1v) is 5.58. The van der Waals surface area contributed by atoms with Crippen LogP contribution in [0.25, 0.3) is 0 Å². The lowest BCUT2D eigenvalue weighted by Crippen LogP contribution is -2.31. The van der Waals surface area contributed by atoms with Crippen molar-refractivity contribution in [2.45, 2.75) is 20.3 Å². The van der Waals surface area contributed by atoms with E-state index in [-0.39, 0.29) is 17.4 Å². The van der Waals surface area contributed by atoms with Crippen LogP contribution in [0.3, 0.4) is 0 Å². The number of hydrogen-bond donors (Lipinski definition) is 1. The number of carboxylic acid groups (broad SMARTS) is 1. The quantitative estimate of drug-likeness (QED) is 0.871. The summed E-state index contributed by atoms with van der Waals surface area (Å²) in [6.07, 6.45) is 0.788. The van der Waals surface area contributed by atoms with Crippen LogP contribution in [0.5, 0.6) is 0 Å². The standard InChI is InChI=1S/C13H17NO3/c1-4-9(2)12(15)14(3)11-7-5-10(6-8-11)13(16)17/h5-9H,4H2,1-3H3,(H,16,17). The maximum absolute atomic E-state index is 11.9. The van der Waals surface area contributed by atoms with Gasteiger partial charge in [0.25, 0.3) is 0 Å². The van der Waals surface area contributed by atoms with E-state index < -0.39 is 5.97 Å². The highest BCUT2D eigenvalue weighted by Gasteiger charge is 2.17. The average molecular weight is 235 g/mol. The number of amides is 1. The lowest BCUT2D eigenvalue weighted by Gasteiger charge is -2.20. The van der Waals surface area contributed by atoms with Crippen molar-refractivity contribution in [1.29, 1.82) is 0 Å². The Labute approximate surface area is 101 Å². The molecule has 0 saturated carbocycles. The van der Waals surface area contributed by atoms with Crippen molar-refractivity contribution in [2.24, 2.45) is 5.92 Å². The van der Waals surface area contributed by atoms with Crippen molar-refractivity contribution in [3.05, 3.63) is 29.8 Å². The van der Waals surface area contributed by atoms with Crippen LogP contribution in [0.4, 0.5) is 5.69 Å². The molecule has 1 atom stereocenters. The minimum Gasteiger partial charge on any atom is -0.478 e. The van der Waals surface area contributed by atoms with Crippen molar-refractivity contribution >= 4 is 17.6 Å². The van der Waals surface area contributed by atoms with Gasteiger partial charge in [0, 0.05) is 18.7 Å². The fraction of sp³-hybridized carbons (Fsp3) is 0.385. The van der Waals surface area contributed by atoms with Gasteiger partial charge in [0.2, 0.25) is 5.91 Å². The second kappa shape index (κ2) is 5.48. The molecule has 4 heteroatoms. The SMILES string of the molecule is CCC(C)C(=O)N(C)c1ccc(C(=O)O)cc1. The molecule has 0 bridgehead atoms. The minimum atomic E-state index is -0.965. The normalized spacial score (nSPS) is 11.9. The number of benzene rings is 1. The first-order chi connectivity index (χ1) is 7.97. The molecule has 4 nitrogen and oxygen atoms in total. The maximum Gasteiger partial charge on any atom is 0.335 e. The van der Waals surface area contributed by atoms with Crippen molar-refractivity contribution in [1.82, 2.24) is 0 Å². The zero-order valence-corrected chi connectivity index (χ0v) is 10.3. The van der Waals surface area contributed by atoms with Gasteiger partial charge in [-0.1, -0.05) is 13.8 Å². The number of nitrogens with zero attached hydrogens (tertiary/aromatic N) is 1. The van der Waals surface area contributed by atoms with E-state index in [0.29, 0.717) is 5.69 Å². The predicted molar refractivity (Wildman–Crippen MR) is 66.3 cm³/mol. The van der Waals surface area contributed by atoms with Gasteiger partial charge in [-0.05, 0) is 30.7 Å². The molecule has 0 aliphatic rings. The van der Waals surface area contributed by atoms with Gasteiger partial charge in [0.15, 0.2) is 0 Å². The van der Waals surface area contributed by atoms with Crippen LogP contribution in [0.15, 0.2) is 24.3 Å². The molecule has 1 rings (SSSR count). The number of carbonyl (C=O) groups is 2. The highest BCUT2D eigenvalue weighted by atomic mass is 16.4. The van der Waals surface area contributed by atoms with E-state index in [9.17, 15) is 9.59 Å². The Morgan fingerprint density at radius 3 is 2.24 bits per heavy atom. The number of hydrogen-bond acceptors (Lipinski definition) is 2. The summed E-state index contributed by atoms with van der Waals surface area (Å²) in [4.78, 5) is 24.1. The molecule has 0 heterocycles. The zero-order valence-electron chi connectivity index (χ0n) is 10.3. The summed E-state index contributed by atoms with van der Waals surface area (Å²) in [5.74, 6) is -0.956. The molecule has 0 radical (unpaired) electrons. The molecule has 0 aromatic heterocycles. The molecule has 0 fully saturated rings. The molecule has 1 unspecified atom stereocenters. The minimum absolute atomic E-state index is 0.0286. The third-order valence-electron chi connectivity index (χ3n) is 2.87. The molecule has 0 aliphatic heterocycles. The van der Waals surface area contributed by atoms with E-state index in [4.69, 9.17) is 5.11 Å². The van der Waals surface area contributed by atoms with Gasteiger partial charge in [0.1, 0.15) is 0 Å². The Bertz CT molecular complexity index is 411. The van der Waals surface area contributed by atoms with E-state index in [0.717, 1.165) is 6.42 Å². The molecule has 1 aromatic rings. The number of anilines is 1. The molecule has 17 heavy (non-hydrogen) atoms. The number of rotatable bonds is 4. The van der Waals surface area contributed by atoms with Crippen LogP contribution in [0.2, 0.25) is 0 Å². The predicted octanol–water partition coefficient (Wildman–Crippen LogP) is 2.39. The van der Waals surface area contributed by atoms with Crippen molar-refractivity contribution in [3.8, 4) is 0 Å². The summed E-state index contributed by atoms with van der Waals surface area (Å²) in [5, 5.41) is 8.77. The Kier molecular flexibility index (Phi) is 4.26. The molecule has 1 aromatic carbocycles. The Hall–Kier alpha value is -1.84. The summed E-state index contributed by atoms with van der Waals surface area (Å²) in [6, 6.07) is 6.28. The number of aromatic carboxylic acids is 1. The summed E-state index contributed by atoms with van der Waals surface area (Å²) in [7, 11) is 1.70. The largest absolute Gasteiger partial charge is 0.478 e. The van der Waals surface area contributed by atoms with Crippen molar-refractivity contribution in [3.63, 3.8) is 0 Å². The van der Waals surface area contributed by atoms with E-state index in [1.807, 2.05) is 13.8 Å². The average Bonchev–Trinajstić information content (AvgIpc) is 2.36. The van der Waals surface area contributed by atoms with Crippen LogP contribution < -0.4 is 4.90 Å². The third-order valence-corrected chi connectivity index (χ3v) is 2.87. The lowest BCUT2D eigenvalue weighted by atomic mass is 10.1. The smallest absolute Gasteiger partial charge is 0.335 e. The summed E-state index contributed by atoms with van der Waals surface area (Å²) in [6.45, 7) is 3.84. The van der Waals surface area contributed by atoms with Gasteiger partial charge in [-0.25, -0.2) is 4.79 Å². The Balaban J connectivity index is 2.86. The molecular formula is C13H17NO3. The van der Waals surface area contributed by atoms with E-state index in [2.05, 4.69) is 0 Å². The fourth-order valence-corrected chi connectivity index (χ4v) is 1.46. The summed E-state index contributed by atoms with van der Waals surface area (Å²) in [5.41, 5.74) is 0.929. The first-order valence-electron chi connectivity index (χ1n) is 5.58. The molecular weight excluding hydrogens is 218 g/mol. The van der Waals surface area contributed by atoms with E-state index >= 15 is 0 Å². The van der Waals surface area contributed by atoms with Crippen LogP contribution >= 0.6 is 0 Å². The van der Waals surface area contributed by atoms with Crippen LogP contribution in [0, 0.1) is 5.92 Å². The number of carboxylic acids is 1. The van der Waals surface area contributed by atoms with Crippen molar-refractivity contribution in [2.75, 3.05) is 11.9 Å². The van der Waals surface area contributed by atoms with Gasteiger partial charge < -0.3 is 10.0 Å². The second-order valence-corrected chi connectivity index (χ2v) is 4.06. The topological polar surface area (TPSA) is 57.6 Å². The van der Waals surface area contributed by atoms with Gasteiger partial charge in [0.05, 0.1) is 5.56 Å². The van der Waals surface area contributed by atoms with E-state index in [1.165, 1.54) is 12.1 Å². The molecule has 1 amide bonds. The van der Waals surface area contributed by atoms with Crippen molar-refractivity contribution < 1.29 is 14.7 Å². The third kappa shape index (κ3) is 3.06. The molecule has 0 spiro atoms. The zero-order chi connectivity index (χ0) is 13.0. The Morgan fingerprint density at radius 1 is 1.29 bits per heavy atom. The fourth-order valence-electron chi connectivity index (χ4n) is 1.46. The van der Waals surface area contributed by atoms with Gasteiger partial charge in [-0.2, -0.15) is 0 Å². The molecule has 1 N–H and O–H groups in total. The first kappa shape index (κ1) is 13.2. The maximum atomic E-state index is 11.9. The van der Waals surface area contributed by atoms with Crippen LogP contribution in [0.1, 0.15) is 30.6 Å². The van der Waals surface area contributed by atoms with E-state index in [1.54, 1.807) is 24.1 Å². The Morgan fingerprint density at radius 2 is 1.82 bits per heavy atom. The van der Waals surface area contributed by atoms with Crippen LogP contribution in [-0.4, -0.2) is 24.0 Å². The second-order valence-electron chi connectivity index (χ2n) is 4.06. The molecule has 92 valence electrons. The van der Waals surface area contributed by atoms with Gasteiger partial charge in [-0.15, -0.1) is 0 Å². The van der Waals surface area contributed by atoms with Crippen LogP contribution in [-0.2, 0) is 4.79 Å². The lowest BCUT2D eigenvalue weighted by molar-refractivity contribution is -0.121. The molecule has 0 aliphatic carbocycles. The molecule has 0 saturated heterocycles. The highest BCUT2D eigenvalue weighted by molar-refractivity contribution is 5.95. The summed E-state index contributed by atoms with van der Waals surface area (Å²) >= 11 is 0. The van der Waals surface area contributed by atoms with Gasteiger partial charge >= 0.3 is 5.97 Å². The van der Waals surface area contributed by atoms with Gasteiger partial charge in [-0.3, -0.25) is 4.79 Å². The highest BCUT2D eigenvalue weighted by Crippen LogP contribution is 2.17. The number of carbonyl (C=O) groups excluding carboxylic acids is 1.